The lowest BCUT2D eigenvalue weighted by Crippen LogP contribution is -2.41. The molecule has 0 saturated carbocycles. The van der Waals surface area contributed by atoms with Gasteiger partial charge in [-0.15, -0.1) is 0 Å². The first kappa shape index (κ1) is 16.7. The van der Waals surface area contributed by atoms with Gasteiger partial charge < -0.3 is 9.64 Å². The van der Waals surface area contributed by atoms with E-state index in [1.807, 2.05) is 0 Å². The van der Waals surface area contributed by atoms with Crippen molar-refractivity contribution in [2.75, 3.05) is 45.1 Å². The number of hydrogen-bond donors (Lipinski definition) is 1. The van der Waals surface area contributed by atoms with E-state index in [0.717, 1.165) is 9.87 Å². The van der Waals surface area contributed by atoms with Crippen LogP contribution in [0.2, 0.25) is 0 Å². The number of carbonyl (C=O) groups excluding carboxylic acids is 1. The molecule has 2 rings (SSSR count). The lowest BCUT2D eigenvalue weighted by Gasteiger charge is -2.26. The third-order valence-electron chi connectivity index (χ3n) is 3.40. The van der Waals surface area contributed by atoms with Crippen LogP contribution in [0.5, 0.6) is 0 Å². The fourth-order valence-corrected chi connectivity index (χ4v) is 2.65. The number of benzene rings is 1. The summed E-state index contributed by atoms with van der Waals surface area (Å²) in [7, 11) is -0.598. The second-order valence-corrected chi connectivity index (χ2v) is 7.14. The Morgan fingerprint density at radius 1 is 1.23 bits per heavy atom. The van der Waals surface area contributed by atoms with E-state index in [0.29, 0.717) is 38.4 Å². The molecule has 0 aromatic heterocycles. The molecule has 0 aliphatic carbocycles. The molecular formula is C14H21N3O4S. The molecule has 0 radical (unpaired) electrons. The number of hydrogen-bond acceptors (Lipinski definition) is 4. The van der Waals surface area contributed by atoms with E-state index in [4.69, 9.17) is 4.74 Å². The van der Waals surface area contributed by atoms with E-state index in [9.17, 15) is 13.2 Å². The quantitative estimate of drug-likeness (QED) is 0.844. The largest absolute Gasteiger partial charge is 0.378 e. The van der Waals surface area contributed by atoms with Gasteiger partial charge in [0.25, 0.3) is 0 Å². The second kappa shape index (κ2) is 7.08. The summed E-state index contributed by atoms with van der Waals surface area (Å²) < 4.78 is 32.2. The number of amides is 1. The zero-order valence-electron chi connectivity index (χ0n) is 12.8. The third kappa shape index (κ3) is 4.43. The molecule has 8 heteroatoms. The molecular weight excluding hydrogens is 306 g/mol. The van der Waals surface area contributed by atoms with Crippen molar-refractivity contribution in [3.8, 4) is 0 Å². The summed E-state index contributed by atoms with van der Waals surface area (Å²) in [5.41, 5.74) is 1.32. The first-order valence-electron chi connectivity index (χ1n) is 7.03. The van der Waals surface area contributed by atoms with E-state index < -0.39 is 10.2 Å². The van der Waals surface area contributed by atoms with Gasteiger partial charge >= 0.3 is 10.2 Å². The number of ether oxygens (including phenoxy) is 1. The Balaban J connectivity index is 1.95. The minimum atomic E-state index is -3.51. The van der Waals surface area contributed by atoms with Crippen molar-refractivity contribution in [3.63, 3.8) is 0 Å². The van der Waals surface area contributed by atoms with Crippen molar-refractivity contribution in [2.45, 2.75) is 6.42 Å². The first-order chi connectivity index (χ1) is 10.4. The Hall–Kier alpha value is -1.64. The van der Waals surface area contributed by atoms with Gasteiger partial charge in [-0.2, -0.15) is 12.7 Å². The highest BCUT2D eigenvalue weighted by atomic mass is 32.2. The zero-order valence-corrected chi connectivity index (χ0v) is 13.6. The first-order valence-corrected chi connectivity index (χ1v) is 8.47. The van der Waals surface area contributed by atoms with Crippen molar-refractivity contribution in [2.24, 2.45) is 0 Å². The summed E-state index contributed by atoms with van der Waals surface area (Å²) in [5.74, 6) is 0.0601. The smallest absolute Gasteiger partial charge is 0.301 e. The lowest BCUT2D eigenvalue weighted by atomic mass is 10.1. The van der Waals surface area contributed by atoms with Crippen molar-refractivity contribution < 1.29 is 17.9 Å². The molecule has 1 aromatic carbocycles. The highest BCUT2D eigenvalue weighted by molar-refractivity contribution is 7.90. The molecule has 0 bridgehead atoms. The van der Waals surface area contributed by atoms with Crippen molar-refractivity contribution in [1.82, 2.24) is 9.21 Å². The van der Waals surface area contributed by atoms with Crippen LogP contribution in [0.4, 0.5) is 5.69 Å². The van der Waals surface area contributed by atoms with Crippen LogP contribution in [0.15, 0.2) is 24.3 Å². The van der Waals surface area contributed by atoms with Crippen molar-refractivity contribution in [3.05, 3.63) is 29.8 Å². The average Bonchev–Trinajstić information content (AvgIpc) is 2.49. The molecule has 1 fully saturated rings. The van der Waals surface area contributed by atoms with Gasteiger partial charge in [-0.25, -0.2) is 0 Å². The van der Waals surface area contributed by atoms with Gasteiger partial charge in [0.2, 0.25) is 5.91 Å². The summed E-state index contributed by atoms with van der Waals surface area (Å²) >= 11 is 0. The monoisotopic (exact) mass is 327 g/mol. The minimum absolute atomic E-state index is 0.0601. The average molecular weight is 327 g/mol. The van der Waals surface area contributed by atoms with Crippen LogP contribution in [0, 0.1) is 0 Å². The fourth-order valence-electron chi connectivity index (χ4n) is 2.03. The number of nitrogens with one attached hydrogen (secondary N) is 1. The summed E-state index contributed by atoms with van der Waals surface area (Å²) in [5, 5.41) is 0. The molecule has 0 unspecified atom stereocenters. The van der Waals surface area contributed by atoms with Crippen molar-refractivity contribution in [1.29, 1.82) is 0 Å². The van der Waals surface area contributed by atoms with E-state index in [-0.39, 0.29) is 5.91 Å². The Bertz CT molecular complexity index is 607. The van der Waals surface area contributed by atoms with Gasteiger partial charge in [-0.3, -0.25) is 9.52 Å². The number of nitrogens with zero attached hydrogens (tertiary/aromatic N) is 2. The molecule has 1 aromatic rings. The summed E-state index contributed by atoms with van der Waals surface area (Å²) in [6, 6.07) is 6.82. The molecule has 122 valence electrons. The van der Waals surface area contributed by atoms with Crippen LogP contribution >= 0.6 is 0 Å². The molecule has 0 spiro atoms. The standard InChI is InChI=1S/C14H21N3O4S/c1-16(2)22(19,20)15-13-5-3-12(4-6-13)11-14(18)17-7-9-21-10-8-17/h3-6,15H,7-11H2,1-2H3. The second-order valence-electron chi connectivity index (χ2n) is 5.26. The predicted octanol–water partition coefficient (Wildman–Crippen LogP) is 0.306. The number of rotatable bonds is 5. The highest BCUT2D eigenvalue weighted by Crippen LogP contribution is 2.13. The van der Waals surface area contributed by atoms with Crippen LogP contribution in [0.3, 0.4) is 0 Å². The molecule has 22 heavy (non-hydrogen) atoms. The van der Waals surface area contributed by atoms with Crippen molar-refractivity contribution >= 4 is 21.8 Å². The Kier molecular flexibility index (Phi) is 5.38. The van der Waals surface area contributed by atoms with E-state index in [2.05, 4.69) is 4.72 Å². The topological polar surface area (TPSA) is 79.0 Å². The molecule has 1 heterocycles. The maximum absolute atomic E-state index is 12.1. The number of morpholine rings is 1. The van der Waals surface area contributed by atoms with Gasteiger partial charge in [0.15, 0.2) is 0 Å². The van der Waals surface area contributed by atoms with Gasteiger partial charge in [0.1, 0.15) is 0 Å². The van der Waals surface area contributed by atoms with E-state index in [1.165, 1.54) is 14.1 Å². The lowest BCUT2D eigenvalue weighted by molar-refractivity contribution is -0.134. The molecule has 7 nitrogen and oxygen atoms in total. The van der Waals surface area contributed by atoms with Crippen LogP contribution in [-0.4, -0.2) is 63.9 Å². The maximum atomic E-state index is 12.1. The summed E-state index contributed by atoms with van der Waals surface area (Å²) in [6.07, 6.45) is 0.306. The zero-order chi connectivity index (χ0) is 16.2. The van der Waals surface area contributed by atoms with Gasteiger partial charge in [0.05, 0.1) is 19.6 Å². The summed E-state index contributed by atoms with van der Waals surface area (Å²) in [6.45, 7) is 2.41. The van der Waals surface area contributed by atoms with Crippen LogP contribution in [0.25, 0.3) is 0 Å². The molecule has 1 saturated heterocycles. The Morgan fingerprint density at radius 2 is 1.82 bits per heavy atom. The normalized spacial score (nSPS) is 15.9. The predicted molar refractivity (Wildman–Crippen MR) is 83.8 cm³/mol. The molecule has 0 atom stereocenters. The van der Waals surface area contributed by atoms with Gasteiger partial charge in [0, 0.05) is 32.9 Å². The maximum Gasteiger partial charge on any atom is 0.301 e. The number of carbonyl (C=O) groups is 1. The fraction of sp³-hybridized carbons (Fsp3) is 0.500. The van der Waals surface area contributed by atoms with Crippen LogP contribution < -0.4 is 4.72 Å². The molecule has 1 N–H and O–H groups in total. The summed E-state index contributed by atoms with van der Waals surface area (Å²) in [4.78, 5) is 13.9. The van der Waals surface area contributed by atoms with Crippen LogP contribution in [0.1, 0.15) is 5.56 Å². The Morgan fingerprint density at radius 3 is 2.36 bits per heavy atom. The minimum Gasteiger partial charge on any atom is -0.378 e. The number of anilines is 1. The SMILES string of the molecule is CN(C)S(=O)(=O)Nc1ccc(CC(=O)N2CCOCC2)cc1. The van der Waals surface area contributed by atoms with Gasteiger partial charge in [-0.05, 0) is 17.7 Å². The van der Waals surface area contributed by atoms with E-state index >= 15 is 0 Å². The molecule has 1 amide bonds. The Labute approximate surface area is 131 Å². The van der Waals surface area contributed by atoms with E-state index in [1.54, 1.807) is 29.2 Å². The van der Waals surface area contributed by atoms with Gasteiger partial charge in [-0.1, -0.05) is 12.1 Å². The molecule has 1 aliphatic rings. The third-order valence-corrected chi connectivity index (χ3v) is 4.86. The highest BCUT2D eigenvalue weighted by Gasteiger charge is 2.17. The van der Waals surface area contributed by atoms with Crippen LogP contribution in [-0.2, 0) is 26.2 Å². The molecule has 1 aliphatic heterocycles.